The molecule has 0 aliphatic carbocycles. The Labute approximate surface area is 143 Å². The number of aromatic nitrogens is 4. The second kappa shape index (κ2) is 6.39. The summed E-state index contributed by atoms with van der Waals surface area (Å²) in [4.78, 5) is 40.7. The average Bonchev–Trinajstić information content (AvgIpc) is 3.02. The third-order valence-corrected chi connectivity index (χ3v) is 4.18. The van der Waals surface area contributed by atoms with Crippen LogP contribution in [0.3, 0.4) is 0 Å². The van der Waals surface area contributed by atoms with Crippen LogP contribution in [0.1, 0.15) is 12.5 Å². The van der Waals surface area contributed by atoms with Crippen LogP contribution < -0.4 is 16.6 Å². The van der Waals surface area contributed by atoms with Gasteiger partial charge in [-0.05, 0) is 24.1 Å². The van der Waals surface area contributed by atoms with Crippen molar-refractivity contribution in [3.8, 4) is 0 Å². The molecule has 25 heavy (non-hydrogen) atoms. The fourth-order valence-electron chi connectivity index (χ4n) is 2.70. The molecule has 0 spiro atoms. The molecule has 0 unspecified atom stereocenters. The van der Waals surface area contributed by atoms with Gasteiger partial charge in [0, 0.05) is 19.8 Å². The highest BCUT2D eigenvalue weighted by atomic mass is 16.2. The normalized spacial score (nSPS) is 11.0. The van der Waals surface area contributed by atoms with Gasteiger partial charge < -0.3 is 9.88 Å². The van der Waals surface area contributed by atoms with Gasteiger partial charge in [-0.1, -0.05) is 19.1 Å². The maximum atomic E-state index is 12.4. The van der Waals surface area contributed by atoms with E-state index in [2.05, 4.69) is 17.2 Å². The van der Waals surface area contributed by atoms with Crippen LogP contribution >= 0.6 is 0 Å². The van der Waals surface area contributed by atoms with E-state index in [1.54, 1.807) is 0 Å². The molecular weight excluding hydrogens is 322 g/mol. The van der Waals surface area contributed by atoms with E-state index in [0.717, 1.165) is 11.0 Å². The van der Waals surface area contributed by atoms with Crippen molar-refractivity contribution in [2.75, 3.05) is 5.32 Å². The number of rotatable bonds is 4. The fraction of sp³-hybridized carbons (Fsp3) is 0.294. The molecule has 3 aromatic rings. The van der Waals surface area contributed by atoms with Crippen LogP contribution in [0.15, 0.2) is 40.2 Å². The molecule has 0 aliphatic rings. The van der Waals surface area contributed by atoms with Crippen molar-refractivity contribution in [3.63, 3.8) is 0 Å². The first-order valence-corrected chi connectivity index (χ1v) is 7.92. The molecule has 0 atom stereocenters. The molecule has 1 aromatic carbocycles. The number of amides is 1. The minimum absolute atomic E-state index is 0.0700. The van der Waals surface area contributed by atoms with E-state index in [1.807, 2.05) is 24.3 Å². The maximum absolute atomic E-state index is 12.4. The Kier molecular flexibility index (Phi) is 4.26. The minimum Gasteiger partial charge on any atom is -0.325 e. The molecule has 130 valence electrons. The average molecular weight is 341 g/mol. The van der Waals surface area contributed by atoms with Crippen molar-refractivity contribution < 1.29 is 4.79 Å². The summed E-state index contributed by atoms with van der Waals surface area (Å²) in [7, 11) is 2.94. The highest BCUT2D eigenvalue weighted by Gasteiger charge is 2.15. The third kappa shape index (κ3) is 2.98. The van der Waals surface area contributed by atoms with E-state index in [0.29, 0.717) is 5.69 Å². The molecule has 8 nitrogen and oxygen atoms in total. The number of fused-ring (bicyclic) bond motifs is 1. The van der Waals surface area contributed by atoms with E-state index in [9.17, 15) is 14.4 Å². The summed E-state index contributed by atoms with van der Waals surface area (Å²) in [5, 5.41) is 2.79. The molecule has 0 radical (unpaired) electrons. The monoisotopic (exact) mass is 341 g/mol. The predicted molar refractivity (Wildman–Crippen MR) is 94.7 cm³/mol. The van der Waals surface area contributed by atoms with Crippen LogP contribution in [0.4, 0.5) is 5.69 Å². The van der Waals surface area contributed by atoms with Gasteiger partial charge in [0.15, 0.2) is 11.2 Å². The molecule has 3 rings (SSSR count). The molecule has 0 saturated heterocycles. The smallest absolute Gasteiger partial charge is 0.325 e. The van der Waals surface area contributed by atoms with E-state index in [1.165, 1.54) is 35.1 Å². The van der Waals surface area contributed by atoms with Gasteiger partial charge in [0.05, 0.1) is 6.33 Å². The van der Waals surface area contributed by atoms with E-state index in [-0.39, 0.29) is 23.6 Å². The molecule has 0 saturated carbocycles. The first-order valence-electron chi connectivity index (χ1n) is 7.92. The zero-order valence-corrected chi connectivity index (χ0v) is 14.3. The number of anilines is 1. The van der Waals surface area contributed by atoms with Gasteiger partial charge in [-0.2, -0.15) is 0 Å². The summed E-state index contributed by atoms with van der Waals surface area (Å²) < 4.78 is 3.74. The standard InChI is InChI=1S/C17H19N5O3/c1-4-11-5-7-12(8-6-11)19-13(23)9-22-10-18-15-14(22)16(24)21(3)17(25)20(15)2/h5-8,10H,4,9H2,1-3H3,(H,19,23). The Morgan fingerprint density at radius 1 is 1.12 bits per heavy atom. The minimum atomic E-state index is -0.476. The summed E-state index contributed by atoms with van der Waals surface area (Å²) in [5.74, 6) is -0.278. The number of nitrogens with zero attached hydrogens (tertiary/aromatic N) is 4. The van der Waals surface area contributed by atoms with Crippen molar-refractivity contribution in [2.24, 2.45) is 14.1 Å². The Hall–Kier alpha value is -3.16. The number of benzene rings is 1. The van der Waals surface area contributed by atoms with Crippen molar-refractivity contribution in [2.45, 2.75) is 19.9 Å². The van der Waals surface area contributed by atoms with Crippen molar-refractivity contribution in [3.05, 3.63) is 57.0 Å². The van der Waals surface area contributed by atoms with Gasteiger partial charge >= 0.3 is 5.69 Å². The molecule has 2 heterocycles. The summed E-state index contributed by atoms with van der Waals surface area (Å²) >= 11 is 0. The lowest BCUT2D eigenvalue weighted by Crippen LogP contribution is -2.37. The van der Waals surface area contributed by atoms with Crippen molar-refractivity contribution >= 4 is 22.8 Å². The van der Waals surface area contributed by atoms with Gasteiger partial charge in [-0.25, -0.2) is 9.78 Å². The second-order valence-electron chi connectivity index (χ2n) is 5.85. The highest BCUT2D eigenvalue weighted by Crippen LogP contribution is 2.11. The lowest BCUT2D eigenvalue weighted by atomic mass is 10.1. The van der Waals surface area contributed by atoms with Gasteiger partial charge in [0.25, 0.3) is 5.56 Å². The topological polar surface area (TPSA) is 90.9 Å². The van der Waals surface area contributed by atoms with Crippen molar-refractivity contribution in [1.82, 2.24) is 18.7 Å². The second-order valence-corrected chi connectivity index (χ2v) is 5.85. The molecule has 8 heteroatoms. The van der Waals surface area contributed by atoms with Crippen molar-refractivity contribution in [1.29, 1.82) is 0 Å². The van der Waals surface area contributed by atoms with Crippen LogP contribution in [0.2, 0.25) is 0 Å². The Balaban J connectivity index is 1.89. The summed E-state index contributed by atoms with van der Waals surface area (Å²) in [6.45, 7) is 1.99. The Bertz CT molecular complexity index is 1060. The number of nitrogens with one attached hydrogen (secondary N) is 1. The molecule has 0 aliphatic heterocycles. The lowest BCUT2D eigenvalue weighted by molar-refractivity contribution is -0.116. The van der Waals surface area contributed by atoms with Crippen LogP contribution in [0.5, 0.6) is 0 Å². The van der Waals surface area contributed by atoms with Gasteiger partial charge in [-0.15, -0.1) is 0 Å². The number of hydrogen-bond acceptors (Lipinski definition) is 4. The van der Waals surface area contributed by atoms with Crippen LogP contribution in [-0.2, 0) is 31.9 Å². The van der Waals surface area contributed by atoms with E-state index >= 15 is 0 Å². The lowest BCUT2D eigenvalue weighted by Gasteiger charge is -2.08. The van der Waals surface area contributed by atoms with Crippen LogP contribution in [0, 0.1) is 0 Å². The van der Waals surface area contributed by atoms with Gasteiger partial charge in [0.1, 0.15) is 6.54 Å². The first kappa shape index (κ1) is 16.7. The predicted octanol–water partition coefficient (Wildman–Crippen LogP) is 0.635. The molecule has 1 amide bonds. The van der Waals surface area contributed by atoms with Gasteiger partial charge in [0.2, 0.25) is 5.91 Å². The largest absolute Gasteiger partial charge is 0.332 e. The van der Waals surface area contributed by atoms with Crippen LogP contribution in [-0.4, -0.2) is 24.6 Å². The van der Waals surface area contributed by atoms with E-state index in [4.69, 9.17) is 0 Å². The zero-order chi connectivity index (χ0) is 18.1. The number of aryl methyl sites for hydroxylation is 2. The SMILES string of the molecule is CCc1ccc(NC(=O)Cn2cnc3c2c(=O)n(C)c(=O)n3C)cc1. The third-order valence-electron chi connectivity index (χ3n) is 4.18. The van der Waals surface area contributed by atoms with Gasteiger partial charge in [-0.3, -0.25) is 18.7 Å². The summed E-state index contributed by atoms with van der Waals surface area (Å²) in [6, 6.07) is 7.58. The molecule has 2 aromatic heterocycles. The fourth-order valence-corrected chi connectivity index (χ4v) is 2.70. The molecule has 0 bridgehead atoms. The summed E-state index contributed by atoms with van der Waals surface area (Å²) in [5.41, 5.74) is 1.42. The quantitative estimate of drug-likeness (QED) is 0.754. The Morgan fingerprint density at radius 3 is 2.44 bits per heavy atom. The van der Waals surface area contributed by atoms with E-state index < -0.39 is 11.2 Å². The Morgan fingerprint density at radius 2 is 1.80 bits per heavy atom. The maximum Gasteiger partial charge on any atom is 0.332 e. The molecule has 0 fully saturated rings. The van der Waals surface area contributed by atoms with Crippen LogP contribution in [0.25, 0.3) is 11.2 Å². The highest BCUT2D eigenvalue weighted by molar-refractivity contribution is 5.91. The molecule has 1 N–H and O–H groups in total. The first-order chi connectivity index (χ1) is 11.9. The zero-order valence-electron chi connectivity index (χ0n) is 14.3. The number of hydrogen-bond donors (Lipinski definition) is 1. The molecular formula is C17H19N5O3. The number of carbonyl (C=O) groups is 1. The summed E-state index contributed by atoms with van der Waals surface area (Å²) in [6.07, 6.45) is 2.32. The number of carbonyl (C=O) groups excluding carboxylic acids is 1. The number of imidazole rings is 1.